The predicted octanol–water partition coefficient (Wildman–Crippen LogP) is 2.78. The van der Waals surface area contributed by atoms with E-state index in [-0.39, 0.29) is 23.5 Å². The van der Waals surface area contributed by atoms with Gasteiger partial charge in [-0.25, -0.2) is 9.07 Å². The van der Waals surface area contributed by atoms with Crippen LogP contribution >= 0.6 is 0 Å². The molecule has 0 unspecified atom stereocenters. The zero-order valence-corrected chi connectivity index (χ0v) is 16.4. The van der Waals surface area contributed by atoms with Crippen LogP contribution in [0.5, 0.6) is 0 Å². The van der Waals surface area contributed by atoms with Crippen molar-refractivity contribution in [3.05, 3.63) is 47.0 Å². The molecule has 1 aromatic carbocycles. The van der Waals surface area contributed by atoms with Crippen LogP contribution in [0.1, 0.15) is 54.9 Å². The van der Waals surface area contributed by atoms with Crippen molar-refractivity contribution in [2.75, 3.05) is 13.1 Å². The molecule has 7 heteroatoms. The molecule has 0 saturated heterocycles. The van der Waals surface area contributed by atoms with Crippen LogP contribution in [0.3, 0.4) is 0 Å². The fourth-order valence-corrected chi connectivity index (χ4v) is 3.40. The zero-order chi connectivity index (χ0) is 20.1. The molecular formula is C21H27FN4O2. The Labute approximate surface area is 164 Å². The first-order chi connectivity index (χ1) is 13.5. The second-order valence-corrected chi connectivity index (χ2v) is 7.42. The largest absolute Gasteiger partial charge is 0.354 e. The monoisotopic (exact) mass is 386 g/mol. The van der Waals surface area contributed by atoms with Crippen LogP contribution in [0, 0.1) is 11.7 Å². The summed E-state index contributed by atoms with van der Waals surface area (Å²) in [5.41, 5.74) is 3.19. The van der Waals surface area contributed by atoms with E-state index in [2.05, 4.69) is 15.7 Å². The summed E-state index contributed by atoms with van der Waals surface area (Å²) in [6.07, 6.45) is 4.83. The van der Waals surface area contributed by atoms with Crippen molar-refractivity contribution in [2.24, 2.45) is 5.92 Å². The van der Waals surface area contributed by atoms with Gasteiger partial charge in [-0.2, -0.15) is 5.10 Å². The van der Waals surface area contributed by atoms with Gasteiger partial charge in [0, 0.05) is 30.3 Å². The predicted molar refractivity (Wildman–Crippen MR) is 105 cm³/mol. The lowest BCUT2D eigenvalue weighted by Crippen LogP contribution is -2.36. The molecule has 0 aliphatic heterocycles. The molecule has 1 aliphatic rings. The van der Waals surface area contributed by atoms with E-state index in [1.165, 1.54) is 12.1 Å². The SMILES string of the molecule is CC(C)C(=O)NCCNC(=O)c1nn(-c2ccc(F)cc2)c2c1CCCCC2. The van der Waals surface area contributed by atoms with Crippen molar-refractivity contribution in [1.82, 2.24) is 20.4 Å². The Morgan fingerprint density at radius 3 is 2.46 bits per heavy atom. The van der Waals surface area contributed by atoms with E-state index in [4.69, 9.17) is 0 Å². The molecule has 1 aromatic heterocycles. The number of hydrogen-bond donors (Lipinski definition) is 2. The van der Waals surface area contributed by atoms with Crippen LogP contribution in [0.15, 0.2) is 24.3 Å². The Kier molecular flexibility index (Phi) is 6.44. The summed E-state index contributed by atoms with van der Waals surface area (Å²) in [6, 6.07) is 6.15. The number of halogens is 1. The van der Waals surface area contributed by atoms with Gasteiger partial charge in [0.2, 0.25) is 5.91 Å². The molecule has 1 aliphatic carbocycles. The Morgan fingerprint density at radius 1 is 1.07 bits per heavy atom. The number of nitrogens with one attached hydrogen (secondary N) is 2. The maximum atomic E-state index is 13.3. The molecule has 2 N–H and O–H groups in total. The fourth-order valence-electron chi connectivity index (χ4n) is 3.40. The third-order valence-corrected chi connectivity index (χ3v) is 4.95. The minimum atomic E-state index is -0.302. The minimum Gasteiger partial charge on any atom is -0.354 e. The van der Waals surface area contributed by atoms with E-state index in [1.54, 1.807) is 16.8 Å². The summed E-state index contributed by atoms with van der Waals surface area (Å²) >= 11 is 0. The van der Waals surface area contributed by atoms with Crippen molar-refractivity contribution >= 4 is 11.8 Å². The maximum absolute atomic E-state index is 13.3. The highest BCUT2D eigenvalue weighted by atomic mass is 19.1. The zero-order valence-electron chi connectivity index (χ0n) is 16.4. The molecule has 0 saturated carbocycles. The average Bonchev–Trinajstić information content (AvgIpc) is 2.86. The molecule has 150 valence electrons. The highest BCUT2D eigenvalue weighted by Crippen LogP contribution is 2.26. The lowest BCUT2D eigenvalue weighted by molar-refractivity contribution is -0.123. The molecule has 28 heavy (non-hydrogen) atoms. The summed E-state index contributed by atoms with van der Waals surface area (Å²) in [4.78, 5) is 24.4. The van der Waals surface area contributed by atoms with Crippen molar-refractivity contribution in [3.8, 4) is 5.69 Å². The van der Waals surface area contributed by atoms with E-state index in [0.29, 0.717) is 18.8 Å². The number of aromatic nitrogens is 2. The summed E-state index contributed by atoms with van der Waals surface area (Å²) in [5, 5.41) is 10.2. The molecule has 6 nitrogen and oxygen atoms in total. The first-order valence-corrected chi connectivity index (χ1v) is 9.90. The smallest absolute Gasteiger partial charge is 0.272 e. The number of rotatable bonds is 6. The van der Waals surface area contributed by atoms with Gasteiger partial charge in [-0.05, 0) is 49.9 Å². The summed E-state index contributed by atoms with van der Waals surface area (Å²) in [7, 11) is 0. The van der Waals surface area contributed by atoms with Gasteiger partial charge in [0.05, 0.1) is 5.69 Å². The molecule has 2 aromatic rings. The average molecular weight is 386 g/mol. The Balaban J connectivity index is 1.77. The Morgan fingerprint density at radius 2 is 1.75 bits per heavy atom. The summed E-state index contributed by atoms with van der Waals surface area (Å²) < 4.78 is 15.1. The number of hydrogen-bond acceptors (Lipinski definition) is 3. The van der Waals surface area contributed by atoms with Crippen LogP contribution in [0.2, 0.25) is 0 Å². The summed E-state index contributed by atoms with van der Waals surface area (Å²) in [5.74, 6) is -0.664. The molecular weight excluding hydrogens is 359 g/mol. The van der Waals surface area contributed by atoms with E-state index < -0.39 is 0 Å². The topological polar surface area (TPSA) is 76.0 Å². The van der Waals surface area contributed by atoms with Gasteiger partial charge in [0.1, 0.15) is 5.82 Å². The molecule has 0 bridgehead atoms. The number of carbonyl (C=O) groups excluding carboxylic acids is 2. The van der Waals surface area contributed by atoms with Crippen LogP contribution in [0.25, 0.3) is 5.69 Å². The fraction of sp³-hybridized carbons (Fsp3) is 0.476. The van der Waals surface area contributed by atoms with Gasteiger partial charge in [-0.3, -0.25) is 9.59 Å². The number of benzene rings is 1. The molecule has 0 atom stereocenters. The number of amides is 2. The number of nitrogens with zero attached hydrogens (tertiary/aromatic N) is 2. The highest BCUT2D eigenvalue weighted by molar-refractivity contribution is 5.94. The van der Waals surface area contributed by atoms with Crippen molar-refractivity contribution < 1.29 is 14.0 Å². The molecule has 0 fully saturated rings. The molecule has 3 rings (SSSR count). The van der Waals surface area contributed by atoms with E-state index in [0.717, 1.165) is 49.0 Å². The second-order valence-electron chi connectivity index (χ2n) is 7.42. The third kappa shape index (κ3) is 4.58. The molecule has 0 radical (unpaired) electrons. The van der Waals surface area contributed by atoms with Crippen molar-refractivity contribution in [1.29, 1.82) is 0 Å². The molecule has 2 amide bonds. The van der Waals surface area contributed by atoms with Crippen molar-refractivity contribution in [2.45, 2.75) is 46.0 Å². The normalized spacial score (nSPS) is 13.7. The van der Waals surface area contributed by atoms with Gasteiger partial charge in [0.15, 0.2) is 5.69 Å². The Hall–Kier alpha value is -2.70. The lowest BCUT2D eigenvalue weighted by Gasteiger charge is -2.08. The van der Waals surface area contributed by atoms with Crippen LogP contribution in [-0.4, -0.2) is 34.7 Å². The highest BCUT2D eigenvalue weighted by Gasteiger charge is 2.24. The van der Waals surface area contributed by atoms with E-state index >= 15 is 0 Å². The molecule has 0 spiro atoms. The first kappa shape index (κ1) is 20.0. The van der Waals surface area contributed by atoms with E-state index in [9.17, 15) is 14.0 Å². The quantitative estimate of drug-likeness (QED) is 0.592. The summed E-state index contributed by atoms with van der Waals surface area (Å²) in [6.45, 7) is 4.37. The van der Waals surface area contributed by atoms with Crippen LogP contribution in [0.4, 0.5) is 4.39 Å². The van der Waals surface area contributed by atoms with Gasteiger partial charge in [-0.1, -0.05) is 20.3 Å². The number of carbonyl (C=O) groups is 2. The standard InChI is InChI=1S/C21H27FN4O2/c1-14(2)20(27)23-12-13-24-21(28)19-17-6-4-3-5-7-18(17)26(25-19)16-10-8-15(22)9-11-16/h8-11,14H,3-7,12-13H2,1-2H3,(H,23,27)(H,24,28). The Bertz CT molecular complexity index is 843. The second kappa shape index (κ2) is 8.99. The van der Waals surface area contributed by atoms with Crippen molar-refractivity contribution in [3.63, 3.8) is 0 Å². The van der Waals surface area contributed by atoms with Gasteiger partial charge in [-0.15, -0.1) is 0 Å². The van der Waals surface area contributed by atoms with E-state index in [1.807, 2.05) is 13.8 Å². The van der Waals surface area contributed by atoms with Gasteiger partial charge < -0.3 is 10.6 Å². The lowest BCUT2D eigenvalue weighted by atomic mass is 10.1. The number of fused-ring (bicyclic) bond motifs is 1. The maximum Gasteiger partial charge on any atom is 0.272 e. The first-order valence-electron chi connectivity index (χ1n) is 9.90. The van der Waals surface area contributed by atoms with Gasteiger partial charge >= 0.3 is 0 Å². The molecule has 1 heterocycles. The van der Waals surface area contributed by atoms with Crippen LogP contribution in [-0.2, 0) is 17.6 Å². The van der Waals surface area contributed by atoms with Gasteiger partial charge in [0.25, 0.3) is 5.91 Å². The third-order valence-electron chi connectivity index (χ3n) is 4.95. The minimum absolute atomic E-state index is 0.0382. The van der Waals surface area contributed by atoms with Crippen LogP contribution < -0.4 is 10.6 Å².